The summed E-state index contributed by atoms with van der Waals surface area (Å²) in [6.07, 6.45) is 0. The first-order valence-corrected chi connectivity index (χ1v) is 4.82. The molecule has 0 aliphatic heterocycles. The molecule has 0 atom stereocenters. The molecule has 0 aromatic heterocycles. The standard InChI is InChI=1S/C7H8FNO3S/c1-6-4-2-3-5-7(6)9(8)13(10,11)12/h2-5H,1H3,(H,10,11,12). The van der Waals surface area contributed by atoms with Crippen molar-refractivity contribution in [1.29, 1.82) is 0 Å². The van der Waals surface area contributed by atoms with Gasteiger partial charge in [-0.3, -0.25) is 4.55 Å². The van der Waals surface area contributed by atoms with Gasteiger partial charge in [-0.05, 0) is 18.6 Å². The summed E-state index contributed by atoms with van der Waals surface area (Å²) in [4.78, 5) is 0. The van der Waals surface area contributed by atoms with E-state index < -0.39 is 14.8 Å². The van der Waals surface area contributed by atoms with Gasteiger partial charge < -0.3 is 0 Å². The Morgan fingerprint density at radius 1 is 1.38 bits per heavy atom. The molecule has 1 N–H and O–H groups in total. The largest absolute Gasteiger partial charge is 0.386 e. The predicted molar refractivity (Wildman–Crippen MR) is 46.3 cm³/mol. The van der Waals surface area contributed by atoms with Crippen LogP contribution in [0.5, 0.6) is 0 Å². The van der Waals surface area contributed by atoms with Gasteiger partial charge >= 0.3 is 10.3 Å². The van der Waals surface area contributed by atoms with Crippen LogP contribution in [0.25, 0.3) is 0 Å². The van der Waals surface area contributed by atoms with E-state index in [0.717, 1.165) is 0 Å². The van der Waals surface area contributed by atoms with Crippen molar-refractivity contribution in [1.82, 2.24) is 0 Å². The summed E-state index contributed by atoms with van der Waals surface area (Å²) in [5.41, 5.74) is 0.229. The molecule has 1 aromatic carbocycles. The second-order valence-corrected chi connectivity index (χ2v) is 3.70. The Balaban J connectivity index is 3.17. The summed E-state index contributed by atoms with van der Waals surface area (Å²) in [7, 11) is -4.81. The minimum Gasteiger partial charge on any atom is -0.267 e. The van der Waals surface area contributed by atoms with Crippen molar-refractivity contribution in [3.8, 4) is 0 Å². The molecule has 13 heavy (non-hydrogen) atoms. The maximum absolute atomic E-state index is 12.9. The van der Waals surface area contributed by atoms with Crippen LogP contribution < -0.4 is 4.53 Å². The molecule has 0 unspecified atom stereocenters. The number of nitrogens with zero attached hydrogens (tertiary/aromatic N) is 1. The Hall–Kier alpha value is -1.14. The Morgan fingerprint density at radius 3 is 2.38 bits per heavy atom. The predicted octanol–water partition coefficient (Wildman–Crippen LogP) is 1.49. The van der Waals surface area contributed by atoms with Gasteiger partial charge in [0.15, 0.2) is 0 Å². The van der Waals surface area contributed by atoms with Crippen molar-refractivity contribution in [3.05, 3.63) is 29.8 Å². The van der Waals surface area contributed by atoms with E-state index in [1.54, 1.807) is 6.07 Å². The zero-order valence-electron chi connectivity index (χ0n) is 6.81. The molecule has 1 rings (SSSR count). The maximum atomic E-state index is 12.9. The highest BCUT2D eigenvalue weighted by Gasteiger charge is 2.20. The highest BCUT2D eigenvalue weighted by molar-refractivity contribution is 7.87. The van der Waals surface area contributed by atoms with Gasteiger partial charge in [0.2, 0.25) is 0 Å². The van der Waals surface area contributed by atoms with Crippen molar-refractivity contribution in [3.63, 3.8) is 0 Å². The second kappa shape index (κ2) is 3.31. The molecule has 0 amide bonds. The Kier molecular flexibility index (Phi) is 2.53. The highest BCUT2D eigenvalue weighted by atomic mass is 32.2. The summed E-state index contributed by atoms with van der Waals surface area (Å²) in [6, 6.07) is 5.90. The summed E-state index contributed by atoms with van der Waals surface area (Å²) in [5.74, 6) is 0. The molecule has 0 saturated carbocycles. The van der Waals surface area contributed by atoms with Crippen LogP contribution in [-0.2, 0) is 10.3 Å². The van der Waals surface area contributed by atoms with Gasteiger partial charge in [0.1, 0.15) is 0 Å². The number of rotatable bonds is 2. The van der Waals surface area contributed by atoms with E-state index in [1.165, 1.54) is 25.1 Å². The lowest BCUT2D eigenvalue weighted by Gasteiger charge is -2.11. The van der Waals surface area contributed by atoms with E-state index in [2.05, 4.69) is 0 Å². The summed E-state index contributed by atoms with van der Waals surface area (Å²) >= 11 is 0. The van der Waals surface area contributed by atoms with Gasteiger partial charge in [-0.1, -0.05) is 27.2 Å². The Labute approximate surface area is 75.4 Å². The summed E-state index contributed by atoms with van der Waals surface area (Å²) in [6.45, 7) is 1.53. The van der Waals surface area contributed by atoms with Crippen LogP contribution in [0.1, 0.15) is 5.56 Å². The van der Waals surface area contributed by atoms with Gasteiger partial charge in [0.25, 0.3) is 0 Å². The fourth-order valence-corrected chi connectivity index (χ4v) is 1.34. The molecule has 0 spiro atoms. The fraction of sp³-hybridized carbons (Fsp3) is 0.143. The van der Waals surface area contributed by atoms with Gasteiger partial charge in [0.05, 0.1) is 5.69 Å². The van der Waals surface area contributed by atoms with Crippen molar-refractivity contribution in [2.24, 2.45) is 0 Å². The first kappa shape index (κ1) is 9.94. The Morgan fingerprint density at radius 2 is 1.92 bits per heavy atom. The number of benzene rings is 1. The van der Waals surface area contributed by atoms with Crippen molar-refractivity contribution < 1.29 is 17.5 Å². The van der Waals surface area contributed by atoms with Crippen LogP contribution in [0.3, 0.4) is 0 Å². The fourth-order valence-electron chi connectivity index (χ4n) is 0.885. The van der Waals surface area contributed by atoms with E-state index in [0.29, 0.717) is 5.56 Å². The lowest BCUT2D eigenvalue weighted by molar-refractivity contribution is 0.424. The van der Waals surface area contributed by atoms with Crippen LogP contribution in [-0.4, -0.2) is 13.0 Å². The summed E-state index contributed by atoms with van der Waals surface area (Å²) < 4.78 is 41.4. The van der Waals surface area contributed by atoms with E-state index in [1.807, 2.05) is 0 Å². The zero-order valence-corrected chi connectivity index (χ0v) is 7.62. The number of aryl methyl sites for hydroxylation is 1. The third kappa shape index (κ3) is 2.16. The number of hydrogen-bond acceptors (Lipinski definition) is 2. The summed E-state index contributed by atoms with van der Waals surface area (Å²) in [5, 5.41) is 0. The van der Waals surface area contributed by atoms with Gasteiger partial charge in [-0.2, -0.15) is 8.42 Å². The van der Waals surface area contributed by atoms with Crippen LogP contribution in [0, 0.1) is 6.92 Å². The second-order valence-electron chi connectivity index (χ2n) is 2.48. The SMILES string of the molecule is Cc1ccccc1N(F)S(=O)(=O)O. The van der Waals surface area contributed by atoms with E-state index in [-0.39, 0.29) is 5.69 Å². The molecule has 0 bridgehead atoms. The lowest BCUT2D eigenvalue weighted by Crippen LogP contribution is -2.21. The van der Waals surface area contributed by atoms with Gasteiger partial charge in [0, 0.05) is 0 Å². The Bertz CT molecular complexity index is 404. The van der Waals surface area contributed by atoms with Crippen LogP contribution >= 0.6 is 0 Å². The molecule has 0 heterocycles. The zero-order chi connectivity index (χ0) is 10.1. The number of anilines is 1. The quantitative estimate of drug-likeness (QED) is 0.587. The first-order valence-electron chi connectivity index (χ1n) is 3.42. The van der Waals surface area contributed by atoms with Gasteiger partial charge in [-0.15, -0.1) is 0 Å². The third-order valence-corrected chi connectivity index (χ3v) is 2.11. The van der Waals surface area contributed by atoms with E-state index >= 15 is 0 Å². The van der Waals surface area contributed by atoms with Gasteiger partial charge in [-0.25, -0.2) is 0 Å². The van der Waals surface area contributed by atoms with Crippen molar-refractivity contribution >= 4 is 16.0 Å². The number of para-hydroxylation sites is 1. The molecule has 0 aliphatic rings. The maximum Gasteiger partial charge on any atom is 0.386 e. The van der Waals surface area contributed by atoms with Crippen molar-refractivity contribution in [2.75, 3.05) is 4.53 Å². The average molecular weight is 205 g/mol. The first-order chi connectivity index (χ1) is 5.93. The molecular formula is C7H8FNO3S. The molecule has 6 heteroatoms. The minimum atomic E-state index is -4.81. The highest BCUT2D eigenvalue weighted by Crippen LogP contribution is 2.21. The monoisotopic (exact) mass is 205 g/mol. The smallest absolute Gasteiger partial charge is 0.267 e. The van der Waals surface area contributed by atoms with E-state index in [4.69, 9.17) is 4.55 Å². The topological polar surface area (TPSA) is 57.6 Å². The molecule has 4 nitrogen and oxygen atoms in total. The molecule has 1 aromatic rings. The normalized spacial score (nSPS) is 11.3. The molecular weight excluding hydrogens is 197 g/mol. The van der Waals surface area contributed by atoms with Crippen LogP contribution in [0.4, 0.5) is 10.2 Å². The van der Waals surface area contributed by atoms with Crippen LogP contribution in [0.2, 0.25) is 0 Å². The lowest BCUT2D eigenvalue weighted by atomic mass is 10.2. The molecule has 0 saturated heterocycles. The molecule has 0 aliphatic carbocycles. The number of hydrogen-bond donors (Lipinski definition) is 1. The van der Waals surface area contributed by atoms with Crippen molar-refractivity contribution in [2.45, 2.75) is 6.92 Å². The number of halogens is 1. The molecule has 0 radical (unpaired) electrons. The average Bonchev–Trinajstić information content (AvgIpc) is 2.02. The third-order valence-electron chi connectivity index (χ3n) is 1.51. The van der Waals surface area contributed by atoms with Crippen LogP contribution in [0.15, 0.2) is 24.3 Å². The molecule has 0 fully saturated rings. The van der Waals surface area contributed by atoms with E-state index in [9.17, 15) is 12.9 Å². The molecule has 72 valence electrons. The minimum absolute atomic E-state index is 0.190.